The van der Waals surface area contributed by atoms with E-state index in [1.807, 2.05) is 0 Å². The van der Waals surface area contributed by atoms with Gasteiger partial charge in [-0.25, -0.2) is 8.42 Å². The lowest BCUT2D eigenvalue weighted by molar-refractivity contribution is -0.137. The maximum atomic E-state index is 13.1. The van der Waals surface area contributed by atoms with E-state index < -0.39 is 39.4 Å². The summed E-state index contributed by atoms with van der Waals surface area (Å²) >= 11 is 5.86. The predicted molar refractivity (Wildman–Crippen MR) is 102 cm³/mol. The number of hydrogen-bond acceptors (Lipinski definition) is 4. The number of anilines is 1. The maximum absolute atomic E-state index is 13.1. The smallest absolute Gasteiger partial charge is 0.418 e. The van der Waals surface area contributed by atoms with Crippen molar-refractivity contribution >= 4 is 33.2 Å². The Hall–Kier alpha value is -2.30. The van der Waals surface area contributed by atoms with Gasteiger partial charge in [-0.3, -0.25) is 4.79 Å². The van der Waals surface area contributed by atoms with Crippen molar-refractivity contribution in [2.45, 2.75) is 31.0 Å². The molecule has 1 atom stereocenters. The van der Waals surface area contributed by atoms with Crippen molar-refractivity contribution in [3.05, 3.63) is 53.1 Å². The van der Waals surface area contributed by atoms with E-state index in [4.69, 9.17) is 16.3 Å². The number of carbonyl (C=O) groups is 1. The third kappa shape index (κ3) is 5.84. The first-order valence-electron chi connectivity index (χ1n) is 8.37. The summed E-state index contributed by atoms with van der Waals surface area (Å²) < 4.78 is 71.9. The van der Waals surface area contributed by atoms with E-state index in [1.54, 1.807) is 6.92 Å². The van der Waals surface area contributed by atoms with Crippen molar-refractivity contribution in [3.63, 3.8) is 0 Å². The molecule has 2 aromatic rings. The first-order valence-corrected chi connectivity index (χ1v) is 10.2. The molecule has 0 aliphatic carbocycles. The van der Waals surface area contributed by atoms with Crippen LogP contribution in [0.4, 0.5) is 18.9 Å². The molecule has 0 aliphatic rings. The highest BCUT2D eigenvalue weighted by molar-refractivity contribution is 7.89. The van der Waals surface area contributed by atoms with Gasteiger partial charge < -0.3 is 10.1 Å². The van der Waals surface area contributed by atoms with Crippen LogP contribution in [0.2, 0.25) is 5.02 Å². The van der Waals surface area contributed by atoms with Gasteiger partial charge in [0.1, 0.15) is 10.6 Å². The number of ether oxygens (including phenoxy) is 1. The lowest BCUT2D eigenvalue weighted by atomic mass is 10.1. The van der Waals surface area contributed by atoms with Crippen molar-refractivity contribution < 1.29 is 31.1 Å². The van der Waals surface area contributed by atoms with Crippen molar-refractivity contribution in [1.82, 2.24) is 4.72 Å². The highest BCUT2D eigenvalue weighted by Gasteiger charge is 2.34. The average Bonchev–Trinajstić information content (AvgIpc) is 2.62. The first kappa shape index (κ1) is 23.0. The molecule has 0 fully saturated rings. The number of hydrogen-bond donors (Lipinski definition) is 2. The maximum Gasteiger partial charge on any atom is 0.418 e. The number of benzene rings is 2. The van der Waals surface area contributed by atoms with Gasteiger partial charge in [0.05, 0.1) is 23.9 Å². The zero-order valence-corrected chi connectivity index (χ0v) is 17.0. The molecule has 2 rings (SSSR count). The number of rotatable bonds is 7. The number of halogens is 4. The zero-order valence-electron chi connectivity index (χ0n) is 15.4. The van der Waals surface area contributed by atoms with Gasteiger partial charge in [-0.05, 0) is 44.2 Å². The summed E-state index contributed by atoms with van der Waals surface area (Å²) in [5, 5.41) is 2.23. The van der Waals surface area contributed by atoms with Gasteiger partial charge in [0.25, 0.3) is 0 Å². The number of para-hydroxylation sites is 1. The van der Waals surface area contributed by atoms with Gasteiger partial charge in [-0.1, -0.05) is 23.7 Å². The molecule has 0 heterocycles. The molecular weight excluding hydrogens is 433 g/mol. The van der Waals surface area contributed by atoms with E-state index in [0.29, 0.717) is 0 Å². The Balaban J connectivity index is 2.23. The molecule has 0 aliphatic heterocycles. The lowest BCUT2D eigenvalue weighted by Crippen LogP contribution is -2.41. The van der Waals surface area contributed by atoms with E-state index in [1.165, 1.54) is 31.2 Å². The van der Waals surface area contributed by atoms with Crippen LogP contribution in [0.1, 0.15) is 19.4 Å². The highest BCUT2D eigenvalue weighted by Crippen LogP contribution is 2.34. The minimum absolute atomic E-state index is 0.0272. The lowest BCUT2D eigenvalue weighted by Gasteiger charge is -2.18. The van der Waals surface area contributed by atoms with Crippen LogP contribution in [-0.2, 0) is 21.0 Å². The van der Waals surface area contributed by atoms with Crippen molar-refractivity contribution in [2.75, 3.05) is 11.9 Å². The normalized spacial score (nSPS) is 13.0. The fourth-order valence-corrected chi connectivity index (χ4v) is 4.01. The fourth-order valence-electron chi connectivity index (χ4n) is 2.40. The second-order valence-electron chi connectivity index (χ2n) is 5.90. The van der Waals surface area contributed by atoms with Gasteiger partial charge >= 0.3 is 6.18 Å². The van der Waals surface area contributed by atoms with Crippen molar-refractivity contribution in [1.29, 1.82) is 0 Å². The third-order valence-electron chi connectivity index (χ3n) is 3.71. The quantitative estimate of drug-likeness (QED) is 0.666. The van der Waals surface area contributed by atoms with E-state index in [-0.39, 0.29) is 22.3 Å². The molecule has 6 nitrogen and oxygen atoms in total. The number of carbonyl (C=O) groups excluding carboxylic acids is 1. The summed E-state index contributed by atoms with van der Waals surface area (Å²) in [5.41, 5.74) is -1.52. The van der Waals surface area contributed by atoms with Crippen LogP contribution in [0.25, 0.3) is 0 Å². The van der Waals surface area contributed by atoms with Gasteiger partial charge in [0.15, 0.2) is 0 Å². The Morgan fingerprint density at radius 3 is 2.48 bits per heavy atom. The predicted octanol–water partition coefficient (Wildman–Crippen LogP) is 4.06. The standard InChI is InChI=1S/C18H18ClF3N2O4S/c1-3-28-15-9-8-12(19)10-16(15)29(26,27)24-11(2)17(25)23-14-7-5-4-6-13(14)18(20,21)22/h4-11,24H,3H2,1-2H3,(H,23,25). The van der Waals surface area contributed by atoms with Gasteiger partial charge in [0, 0.05) is 5.02 Å². The Bertz CT molecular complexity index is 997. The van der Waals surface area contributed by atoms with Crippen LogP contribution in [0.5, 0.6) is 5.75 Å². The molecule has 2 N–H and O–H groups in total. The molecule has 0 aromatic heterocycles. The van der Waals surface area contributed by atoms with Crippen LogP contribution in [0, 0.1) is 0 Å². The fraction of sp³-hybridized carbons (Fsp3) is 0.278. The molecule has 29 heavy (non-hydrogen) atoms. The van der Waals surface area contributed by atoms with Crippen LogP contribution in [0.3, 0.4) is 0 Å². The first-order chi connectivity index (χ1) is 13.5. The van der Waals surface area contributed by atoms with Crippen LogP contribution < -0.4 is 14.8 Å². The summed E-state index contributed by atoms with van der Waals surface area (Å²) in [4.78, 5) is 12.0. The van der Waals surface area contributed by atoms with E-state index in [2.05, 4.69) is 10.0 Å². The second-order valence-corrected chi connectivity index (χ2v) is 8.02. The van der Waals surface area contributed by atoms with Crippen LogP contribution >= 0.6 is 11.6 Å². The van der Waals surface area contributed by atoms with Crippen LogP contribution in [0.15, 0.2) is 47.4 Å². The van der Waals surface area contributed by atoms with Crippen molar-refractivity contribution in [2.24, 2.45) is 0 Å². The van der Waals surface area contributed by atoms with E-state index in [9.17, 15) is 26.4 Å². The van der Waals surface area contributed by atoms with Gasteiger partial charge in [-0.2, -0.15) is 17.9 Å². The van der Waals surface area contributed by atoms with Gasteiger partial charge in [-0.15, -0.1) is 0 Å². The molecule has 2 aromatic carbocycles. The molecule has 0 bridgehead atoms. The summed E-state index contributed by atoms with van der Waals surface area (Å²) in [6.07, 6.45) is -4.68. The third-order valence-corrected chi connectivity index (χ3v) is 5.51. The molecule has 1 unspecified atom stereocenters. The highest BCUT2D eigenvalue weighted by atomic mass is 35.5. The number of amides is 1. The van der Waals surface area contributed by atoms with Crippen LogP contribution in [-0.4, -0.2) is 27.0 Å². The summed E-state index contributed by atoms with van der Waals surface area (Å²) in [5.74, 6) is -0.940. The molecule has 0 spiro atoms. The minimum atomic E-state index is -4.68. The topological polar surface area (TPSA) is 84.5 Å². The largest absolute Gasteiger partial charge is 0.492 e. The number of nitrogens with one attached hydrogen (secondary N) is 2. The minimum Gasteiger partial charge on any atom is -0.492 e. The molecule has 0 saturated heterocycles. The Kier molecular flexibility index (Phi) is 7.15. The second kappa shape index (κ2) is 9.02. The monoisotopic (exact) mass is 450 g/mol. The average molecular weight is 451 g/mol. The summed E-state index contributed by atoms with van der Waals surface area (Å²) in [6, 6.07) is 6.96. The molecule has 1 amide bonds. The summed E-state index contributed by atoms with van der Waals surface area (Å²) in [7, 11) is -4.25. The van der Waals surface area contributed by atoms with E-state index in [0.717, 1.165) is 18.2 Å². The summed E-state index contributed by atoms with van der Waals surface area (Å²) in [6.45, 7) is 3.05. The van der Waals surface area contributed by atoms with Crippen molar-refractivity contribution in [3.8, 4) is 5.75 Å². The van der Waals surface area contributed by atoms with Gasteiger partial charge in [0.2, 0.25) is 15.9 Å². The molecule has 0 saturated carbocycles. The zero-order chi connectivity index (χ0) is 21.8. The SMILES string of the molecule is CCOc1ccc(Cl)cc1S(=O)(=O)NC(C)C(=O)Nc1ccccc1C(F)(F)F. The molecule has 158 valence electrons. The number of alkyl halides is 3. The number of sulfonamides is 1. The Morgan fingerprint density at radius 2 is 1.86 bits per heavy atom. The Morgan fingerprint density at radius 1 is 1.21 bits per heavy atom. The van der Waals surface area contributed by atoms with E-state index >= 15 is 0 Å². The molecular formula is C18H18ClF3N2O4S. The Labute approximate surface area is 171 Å². The molecule has 0 radical (unpaired) electrons. The molecule has 11 heteroatoms.